The molecule has 0 saturated heterocycles. The minimum absolute atomic E-state index is 0.831. The summed E-state index contributed by atoms with van der Waals surface area (Å²) < 4.78 is 18.9. The number of fused-ring (bicyclic) bond motifs is 10. The van der Waals surface area contributed by atoms with E-state index in [2.05, 4.69) is 97.1 Å². The lowest BCUT2D eigenvalue weighted by molar-refractivity contribution is 0.616. The molecule has 0 N–H and O–H groups in total. The molecule has 3 heterocycles. The maximum Gasteiger partial charge on any atom is 0.146 e. The summed E-state index contributed by atoms with van der Waals surface area (Å²) in [6, 6.07) is 44.7. The van der Waals surface area contributed by atoms with Crippen molar-refractivity contribution in [3.8, 4) is 22.3 Å². The molecule has 0 aliphatic carbocycles. The Morgan fingerprint density at radius 1 is 0.349 bits per heavy atom. The Labute approximate surface area is 245 Å². The van der Waals surface area contributed by atoms with E-state index in [1.807, 2.05) is 30.3 Å². The lowest BCUT2D eigenvalue weighted by Gasteiger charge is -2.18. The van der Waals surface area contributed by atoms with Gasteiger partial charge in [-0.25, -0.2) is 0 Å². The van der Waals surface area contributed by atoms with Gasteiger partial charge in [-0.3, -0.25) is 0 Å². The molecule has 0 aliphatic rings. The van der Waals surface area contributed by atoms with E-state index in [9.17, 15) is 0 Å². The summed E-state index contributed by atoms with van der Waals surface area (Å²) in [5.74, 6) is 0. The lowest BCUT2D eigenvalue weighted by Crippen LogP contribution is -1.91. The maximum absolute atomic E-state index is 6.37. The molecule has 0 unspecified atom stereocenters. The molecule has 0 saturated carbocycles. The van der Waals surface area contributed by atoms with Crippen LogP contribution in [0, 0.1) is 0 Å². The third-order valence-electron chi connectivity index (χ3n) is 8.95. The van der Waals surface area contributed by atoms with E-state index in [0.717, 1.165) is 66.0 Å². The Hall–Kier alpha value is -5.80. The van der Waals surface area contributed by atoms with E-state index in [-0.39, 0.29) is 0 Å². The molecule has 0 bridgehead atoms. The summed E-state index contributed by atoms with van der Waals surface area (Å²) in [5, 5.41) is 10.2. The molecule has 10 aromatic rings. The second kappa shape index (κ2) is 8.37. The molecule has 7 aromatic carbocycles. The van der Waals surface area contributed by atoms with Crippen LogP contribution in [0.1, 0.15) is 0 Å². The van der Waals surface area contributed by atoms with Gasteiger partial charge in [-0.2, -0.15) is 0 Å². The average Bonchev–Trinajstić information content (AvgIpc) is 3.79. The van der Waals surface area contributed by atoms with Crippen molar-refractivity contribution >= 4 is 76.4 Å². The topological polar surface area (TPSA) is 39.4 Å². The number of benzene rings is 7. The van der Waals surface area contributed by atoms with Gasteiger partial charge in [-0.05, 0) is 63.0 Å². The predicted molar refractivity (Wildman–Crippen MR) is 177 cm³/mol. The fourth-order valence-corrected chi connectivity index (χ4v) is 7.19. The normalized spacial score (nSPS) is 12.2. The molecule has 0 radical (unpaired) electrons. The Balaban J connectivity index is 1.40. The largest absolute Gasteiger partial charge is 0.464 e. The van der Waals surface area contributed by atoms with E-state index in [0.29, 0.717) is 0 Å². The van der Waals surface area contributed by atoms with Crippen molar-refractivity contribution in [2.45, 2.75) is 0 Å². The molecule has 0 fully saturated rings. The minimum atomic E-state index is 0.831. The first-order valence-corrected chi connectivity index (χ1v) is 14.5. The molecular weight excluding hydrogens is 528 g/mol. The van der Waals surface area contributed by atoms with Crippen LogP contribution in [-0.4, -0.2) is 0 Å². The predicted octanol–water partition coefficient (Wildman–Crippen LogP) is 11.9. The minimum Gasteiger partial charge on any atom is -0.464 e. The second-order valence-electron chi connectivity index (χ2n) is 11.2. The first-order valence-electron chi connectivity index (χ1n) is 14.5. The Morgan fingerprint density at radius 2 is 0.907 bits per heavy atom. The molecule has 0 atom stereocenters. The van der Waals surface area contributed by atoms with E-state index in [1.54, 1.807) is 6.26 Å². The van der Waals surface area contributed by atoms with Gasteiger partial charge >= 0.3 is 0 Å². The van der Waals surface area contributed by atoms with Gasteiger partial charge in [0.2, 0.25) is 0 Å². The molecule has 3 nitrogen and oxygen atoms in total. The quantitative estimate of drug-likeness (QED) is 0.201. The summed E-state index contributed by atoms with van der Waals surface area (Å²) in [6.45, 7) is 0. The van der Waals surface area contributed by atoms with Crippen LogP contribution in [-0.2, 0) is 0 Å². The van der Waals surface area contributed by atoms with Crippen LogP contribution in [0.25, 0.3) is 98.6 Å². The van der Waals surface area contributed by atoms with Gasteiger partial charge in [0.15, 0.2) is 0 Å². The molecular formula is C40H22O3. The average molecular weight is 551 g/mol. The summed E-state index contributed by atoms with van der Waals surface area (Å²) in [4.78, 5) is 0. The van der Waals surface area contributed by atoms with Gasteiger partial charge in [0, 0.05) is 32.7 Å². The standard InChI is InChI=1S/C40H22O3/c1-3-13-26-24(11-1)36(29-16-9-19-35-38(29)28-15-6-8-18-34(28)42-35)25-12-2-4-14-27(25)37(26)32-22-31-23-10-5-7-17-33(23)43-40(31)30-20-21-41-39(30)32/h1-22H. The Morgan fingerprint density at radius 3 is 1.60 bits per heavy atom. The summed E-state index contributed by atoms with van der Waals surface area (Å²) >= 11 is 0. The van der Waals surface area contributed by atoms with Crippen LogP contribution in [0.15, 0.2) is 147 Å². The zero-order chi connectivity index (χ0) is 28.1. The van der Waals surface area contributed by atoms with E-state index >= 15 is 0 Å². The van der Waals surface area contributed by atoms with Gasteiger partial charge in [-0.15, -0.1) is 0 Å². The van der Waals surface area contributed by atoms with Crippen LogP contribution in [0.5, 0.6) is 0 Å². The fraction of sp³-hybridized carbons (Fsp3) is 0. The first-order chi connectivity index (χ1) is 21.3. The number of furan rings is 3. The molecule has 3 heteroatoms. The molecule has 3 aromatic heterocycles. The van der Waals surface area contributed by atoms with Crippen molar-refractivity contribution in [1.29, 1.82) is 0 Å². The third kappa shape index (κ3) is 3.03. The van der Waals surface area contributed by atoms with Crippen LogP contribution in [0.4, 0.5) is 0 Å². The number of hydrogen-bond donors (Lipinski definition) is 0. The number of para-hydroxylation sites is 2. The molecule has 0 spiro atoms. The van der Waals surface area contributed by atoms with Crippen molar-refractivity contribution in [2.75, 3.05) is 0 Å². The Bertz CT molecular complexity index is 2680. The molecule has 43 heavy (non-hydrogen) atoms. The molecule has 0 amide bonds. The highest BCUT2D eigenvalue weighted by Crippen LogP contribution is 2.49. The van der Waals surface area contributed by atoms with E-state index in [4.69, 9.17) is 13.3 Å². The SMILES string of the molecule is c1ccc2c(c1)oc1c3ccoc3c(-c3c4ccccc4c(-c4cccc5oc6ccccc6c45)c4ccccc34)cc21. The van der Waals surface area contributed by atoms with Crippen molar-refractivity contribution in [3.63, 3.8) is 0 Å². The fourth-order valence-electron chi connectivity index (χ4n) is 7.19. The van der Waals surface area contributed by atoms with Crippen LogP contribution in [0.3, 0.4) is 0 Å². The monoisotopic (exact) mass is 550 g/mol. The van der Waals surface area contributed by atoms with E-state index < -0.39 is 0 Å². The molecule has 10 rings (SSSR count). The van der Waals surface area contributed by atoms with Gasteiger partial charge in [0.05, 0.1) is 11.6 Å². The van der Waals surface area contributed by atoms with E-state index in [1.165, 1.54) is 32.7 Å². The van der Waals surface area contributed by atoms with Crippen molar-refractivity contribution in [2.24, 2.45) is 0 Å². The zero-order valence-corrected chi connectivity index (χ0v) is 22.9. The van der Waals surface area contributed by atoms with Gasteiger partial charge < -0.3 is 13.3 Å². The van der Waals surface area contributed by atoms with Crippen LogP contribution in [0.2, 0.25) is 0 Å². The van der Waals surface area contributed by atoms with Crippen molar-refractivity contribution in [1.82, 2.24) is 0 Å². The molecule has 200 valence electrons. The third-order valence-corrected chi connectivity index (χ3v) is 8.95. The highest BCUT2D eigenvalue weighted by molar-refractivity contribution is 6.28. The second-order valence-corrected chi connectivity index (χ2v) is 11.2. The first kappa shape index (κ1) is 22.8. The highest BCUT2D eigenvalue weighted by Gasteiger charge is 2.23. The van der Waals surface area contributed by atoms with Crippen LogP contribution >= 0.6 is 0 Å². The van der Waals surface area contributed by atoms with Gasteiger partial charge in [0.1, 0.15) is 27.9 Å². The van der Waals surface area contributed by atoms with Crippen molar-refractivity contribution in [3.05, 3.63) is 134 Å². The van der Waals surface area contributed by atoms with Crippen LogP contribution < -0.4 is 0 Å². The number of rotatable bonds is 2. The maximum atomic E-state index is 6.37. The van der Waals surface area contributed by atoms with Crippen molar-refractivity contribution < 1.29 is 13.3 Å². The van der Waals surface area contributed by atoms with Gasteiger partial charge in [0.25, 0.3) is 0 Å². The molecule has 0 aliphatic heterocycles. The zero-order valence-electron chi connectivity index (χ0n) is 22.9. The highest BCUT2D eigenvalue weighted by atomic mass is 16.3. The summed E-state index contributed by atoms with van der Waals surface area (Å²) in [7, 11) is 0. The summed E-state index contributed by atoms with van der Waals surface area (Å²) in [6.07, 6.45) is 1.77. The number of hydrogen-bond acceptors (Lipinski definition) is 3. The lowest BCUT2D eigenvalue weighted by atomic mass is 9.84. The summed E-state index contributed by atoms with van der Waals surface area (Å²) in [5.41, 5.74) is 8.95. The smallest absolute Gasteiger partial charge is 0.146 e. The Kier molecular flexibility index (Phi) is 4.45. The van der Waals surface area contributed by atoms with Gasteiger partial charge in [-0.1, -0.05) is 97.1 Å².